The minimum Gasteiger partial charge on any atom is -0.481 e. The molecule has 0 bridgehead atoms. The Kier molecular flexibility index (Phi) is 5.40. The van der Waals surface area contributed by atoms with Gasteiger partial charge in [-0.05, 0) is 44.4 Å². The number of nitrogens with two attached hydrogens (primary N) is 1. The van der Waals surface area contributed by atoms with E-state index in [1.807, 2.05) is 4.90 Å². The fourth-order valence-electron chi connectivity index (χ4n) is 3.35. The molecule has 1 unspecified atom stereocenters. The number of carbonyl (C=O) groups is 1. The van der Waals surface area contributed by atoms with E-state index in [0.717, 1.165) is 6.42 Å². The standard InChI is InChI=1S/C19H25N5O4S/c1-12-10-11-24(19(12,2)3)17-13(8-9-15(22-17)28-4)18(25)23-29(26,27)16-7-5-6-14(20)21-16/h5-9,12H,10-11H2,1-4H3,(H2,20,21)(H,23,25). The van der Waals surface area contributed by atoms with Crippen molar-refractivity contribution in [2.45, 2.75) is 37.8 Å². The molecule has 9 nitrogen and oxygen atoms in total. The Balaban J connectivity index is 1.99. The van der Waals surface area contributed by atoms with E-state index in [1.54, 1.807) is 0 Å². The number of methoxy groups -OCH3 is 1. The van der Waals surface area contributed by atoms with Gasteiger partial charge in [0, 0.05) is 18.2 Å². The fraction of sp³-hybridized carbons (Fsp3) is 0.421. The highest BCUT2D eigenvalue weighted by Crippen LogP contribution is 2.39. The lowest BCUT2D eigenvalue weighted by Gasteiger charge is -2.36. The van der Waals surface area contributed by atoms with E-state index in [4.69, 9.17) is 10.5 Å². The van der Waals surface area contributed by atoms with Gasteiger partial charge in [0.05, 0.1) is 12.7 Å². The maximum atomic E-state index is 12.9. The lowest BCUT2D eigenvalue weighted by molar-refractivity contribution is 0.0981. The number of aromatic nitrogens is 2. The van der Waals surface area contributed by atoms with Crippen LogP contribution >= 0.6 is 0 Å². The van der Waals surface area contributed by atoms with Gasteiger partial charge in [-0.15, -0.1) is 0 Å². The lowest BCUT2D eigenvalue weighted by Crippen LogP contribution is -2.43. The van der Waals surface area contributed by atoms with Gasteiger partial charge in [0.15, 0.2) is 5.03 Å². The molecule has 0 aromatic carbocycles. The molecular weight excluding hydrogens is 394 g/mol. The first-order chi connectivity index (χ1) is 13.6. The summed E-state index contributed by atoms with van der Waals surface area (Å²) < 4.78 is 32.5. The van der Waals surface area contributed by atoms with Crippen LogP contribution in [0.25, 0.3) is 0 Å². The molecule has 2 aromatic heterocycles. The number of pyridine rings is 2. The Morgan fingerprint density at radius 1 is 1.28 bits per heavy atom. The van der Waals surface area contributed by atoms with Crippen LogP contribution in [0.5, 0.6) is 5.88 Å². The second kappa shape index (κ2) is 7.51. The van der Waals surface area contributed by atoms with E-state index in [2.05, 4.69) is 35.5 Å². The van der Waals surface area contributed by atoms with Crippen molar-refractivity contribution in [1.29, 1.82) is 0 Å². The summed E-state index contributed by atoms with van der Waals surface area (Å²) in [5.41, 5.74) is 5.44. The van der Waals surface area contributed by atoms with Crippen molar-refractivity contribution in [1.82, 2.24) is 14.7 Å². The summed E-state index contributed by atoms with van der Waals surface area (Å²) in [5, 5.41) is -0.330. The molecule has 2 aromatic rings. The third-order valence-corrected chi connectivity index (χ3v) is 6.73. The van der Waals surface area contributed by atoms with Gasteiger partial charge < -0.3 is 15.4 Å². The fourth-order valence-corrected chi connectivity index (χ4v) is 4.29. The number of sulfonamides is 1. The summed E-state index contributed by atoms with van der Waals surface area (Å²) in [6.45, 7) is 6.97. The number of carbonyl (C=O) groups excluding carboxylic acids is 1. The zero-order chi connectivity index (χ0) is 21.4. The van der Waals surface area contributed by atoms with Gasteiger partial charge in [-0.3, -0.25) is 4.79 Å². The van der Waals surface area contributed by atoms with Crippen LogP contribution in [0.15, 0.2) is 35.4 Å². The second-order valence-electron chi connectivity index (χ2n) is 7.56. The molecule has 10 heteroatoms. The lowest BCUT2D eigenvalue weighted by atomic mass is 9.90. The Bertz CT molecular complexity index is 1040. The summed E-state index contributed by atoms with van der Waals surface area (Å²) in [6.07, 6.45) is 0.929. The zero-order valence-electron chi connectivity index (χ0n) is 16.8. The first-order valence-electron chi connectivity index (χ1n) is 9.18. The Labute approximate surface area is 170 Å². The van der Waals surface area contributed by atoms with Crippen LogP contribution in [0.3, 0.4) is 0 Å². The van der Waals surface area contributed by atoms with Crippen molar-refractivity contribution in [3.05, 3.63) is 35.9 Å². The monoisotopic (exact) mass is 419 g/mol. The van der Waals surface area contributed by atoms with Crippen molar-refractivity contribution in [3.8, 4) is 5.88 Å². The van der Waals surface area contributed by atoms with Crippen molar-refractivity contribution < 1.29 is 17.9 Å². The van der Waals surface area contributed by atoms with Crippen LogP contribution in [0.1, 0.15) is 37.6 Å². The van der Waals surface area contributed by atoms with Crippen LogP contribution in [-0.2, 0) is 10.0 Å². The maximum Gasteiger partial charge on any atom is 0.281 e. The van der Waals surface area contributed by atoms with E-state index < -0.39 is 15.9 Å². The third-order valence-electron chi connectivity index (χ3n) is 5.49. The molecule has 156 valence electrons. The molecule has 3 rings (SSSR count). The van der Waals surface area contributed by atoms with E-state index in [9.17, 15) is 13.2 Å². The van der Waals surface area contributed by atoms with Crippen molar-refractivity contribution in [2.24, 2.45) is 5.92 Å². The summed E-state index contributed by atoms with van der Waals surface area (Å²) >= 11 is 0. The van der Waals surface area contributed by atoms with E-state index >= 15 is 0 Å². The average molecular weight is 420 g/mol. The smallest absolute Gasteiger partial charge is 0.281 e. The van der Waals surface area contributed by atoms with Crippen LogP contribution in [-0.4, -0.2) is 43.5 Å². The normalized spacial score (nSPS) is 18.5. The third kappa shape index (κ3) is 3.98. The molecular formula is C19H25N5O4S. The number of ether oxygens (including phenoxy) is 1. The molecule has 1 atom stereocenters. The molecule has 0 radical (unpaired) electrons. The molecule has 1 aliphatic heterocycles. The molecule has 29 heavy (non-hydrogen) atoms. The highest BCUT2D eigenvalue weighted by atomic mass is 32.2. The van der Waals surface area contributed by atoms with Crippen LogP contribution in [0, 0.1) is 5.92 Å². The number of nitrogens with zero attached hydrogens (tertiary/aromatic N) is 3. The molecule has 0 saturated carbocycles. The number of nitrogen functional groups attached to an aromatic ring is 1. The summed E-state index contributed by atoms with van der Waals surface area (Å²) in [4.78, 5) is 23.2. The van der Waals surface area contributed by atoms with Gasteiger partial charge >= 0.3 is 0 Å². The maximum absolute atomic E-state index is 12.9. The van der Waals surface area contributed by atoms with Gasteiger partial charge in [0.1, 0.15) is 11.6 Å². The van der Waals surface area contributed by atoms with Crippen LogP contribution < -0.4 is 20.1 Å². The Morgan fingerprint density at radius 2 is 2.00 bits per heavy atom. The van der Waals surface area contributed by atoms with E-state index in [1.165, 1.54) is 37.4 Å². The number of amides is 1. The summed E-state index contributed by atoms with van der Waals surface area (Å²) in [5.74, 6) is 0.334. The Hall–Kier alpha value is -2.88. The number of nitrogens with one attached hydrogen (secondary N) is 1. The molecule has 1 saturated heterocycles. The van der Waals surface area contributed by atoms with E-state index in [-0.39, 0.29) is 21.9 Å². The molecule has 1 amide bonds. The average Bonchev–Trinajstić information content (AvgIpc) is 2.93. The largest absolute Gasteiger partial charge is 0.481 e. The van der Waals surface area contributed by atoms with Gasteiger partial charge in [-0.1, -0.05) is 13.0 Å². The Morgan fingerprint density at radius 3 is 2.59 bits per heavy atom. The topological polar surface area (TPSA) is 128 Å². The number of rotatable bonds is 5. The minimum absolute atomic E-state index is 0.0416. The van der Waals surface area contributed by atoms with E-state index in [0.29, 0.717) is 24.2 Å². The molecule has 3 N–H and O–H groups in total. The summed E-state index contributed by atoms with van der Waals surface area (Å²) in [6, 6.07) is 7.22. The molecule has 0 aliphatic carbocycles. The summed E-state index contributed by atoms with van der Waals surface area (Å²) in [7, 11) is -2.71. The van der Waals surface area contributed by atoms with Crippen molar-refractivity contribution in [3.63, 3.8) is 0 Å². The highest BCUT2D eigenvalue weighted by molar-refractivity contribution is 7.90. The molecule has 1 fully saturated rings. The first kappa shape index (κ1) is 20.8. The van der Waals surface area contributed by atoms with Gasteiger partial charge in [0.2, 0.25) is 5.88 Å². The minimum atomic E-state index is -4.19. The quantitative estimate of drug-likeness (QED) is 0.751. The molecule has 0 spiro atoms. The van der Waals surface area contributed by atoms with Gasteiger partial charge in [0.25, 0.3) is 15.9 Å². The van der Waals surface area contributed by atoms with Crippen molar-refractivity contribution >= 4 is 27.6 Å². The van der Waals surface area contributed by atoms with Crippen LogP contribution in [0.2, 0.25) is 0 Å². The molecule has 3 heterocycles. The zero-order valence-corrected chi connectivity index (χ0v) is 17.7. The first-order valence-corrected chi connectivity index (χ1v) is 10.7. The van der Waals surface area contributed by atoms with Crippen LogP contribution in [0.4, 0.5) is 11.6 Å². The predicted octanol–water partition coefficient (Wildman–Crippen LogP) is 1.81. The number of hydrogen-bond acceptors (Lipinski definition) is 8. The van der Waals surface area contributed by atoms with Crippen molar-refractivity contribution in [2.75, 3.05) is 24.3 Å². The van der Waals surface area contributed by atoms with Gasteiger partial charge in [-0.25, -0.2) is 9.71 Å². The highest BCUT2D eigenvalue weighted by Gasteiger charge is 2.41. The molecule has 1 aliphatic rings. The predicted molar refractivity (Wildman–Crippen MR) is 109 cm³/mol. The number of hydrogen-bond donors (Lipinski definition) is 2. The van der Waals surface area contributed by atoms with Gasteiger partial charge in [-0.2, -0.15) is 13.4 Å². The second-order valence-corrected chi connectivity index (χ2v) is 9.18. The SMILES string of the molecule is COc1ccc(C(=O)NS(=O)(=O)c2cccc(N)n2)c(N2CCC(C)C2(C)C)n1. The number of anilines is 2.